The second kappa shape index (κ2) is 6.71. The SMILES string of the molecule is Cc1ccc(S(=O)(=O)n2cc(B3OC(C)(C)C(C)(C)O3)c3cc(C#N)ccc32)cc1. The molecule has 4 rings (SSSR count). The highest BCUT2D eigenvalue weighted by atomic mass is 32.2. The highest BCUT2D eigenvalue weighted by Crippen LogP contribution is 2.37. The monoisotopic (exact) mass is 422 g/mol. The lowest BCUT2D eigenvalue weighted by atomic mass is 9.79. The Kier molecular flexibility index (Phi) is 4.62. The normalized spacial score (nSPS) is 17.9. The van der Waals surface area contributed by atoms with E-state index in [-0.39, 0.29) is 4.90 Å². The second-order valence-corrected chi connectivity index (χ2v) is 10.4. The predicted octanol–water partition coefficient (Wildman–Crippen LogP) is 3.36. The molecule has 2 aromatic carbocycles. The van der Waals surface area contributed by atoms with Crippen molar-refractivity contribution in [2.45, 2.75) is 50.7 Å². The molecular formula is C22H23BN2O4S. The molecule has 6 nitrogen and oxygen atoms in total. The summed E-state index contributed by atoms with van der Waals surface area (Å²) in [5.41, 5.74) is 1.31. The van der Waals surface area contributed by atoms with E-state index in [1.165, 1.54) is 3.97 Å². The Balaban J connectivity index is 1.93. The summed E-state index contributed by atoms with van der Waals surface area (Å²) in [6.45, 7) is 9.67. The number of hydrogen-bond donors (Lipinski definition) is 0. The number of aryl methyl sites for hydroxylation is 1. The molecule has 1 fully saturated rings. The number of nitriles is 1. The first-order valence-corrected chi connectivity index (χ1v) is 11.1. The zero-order valence-corrected chi connectivity index (χ0v) is 18.4. The van der Waals surface area contributed by atoms with E-state index < -0.39 is 28.3 Å². The van der Waals surface area contributed by atoms with Crippen molar-refractivity contribution in [1.82, 2.24) is 3.97 Å². The molecule has 0 unspecified atom stereocenters. The van der Waals surface area contributed by atoms with Crippen molar-refractivity contribution in [3.63, 3.8) is 0 Å². The quantitative estimate of drug-likeness (QED) is 0.605. The third-order valence-corrected chi connectivity index (χ3v) is 7.70. The number of nitrogens with zero attached hydrogens (tertiary/aromatic N) is 2. The van der Waals surface area contributed by atoms with Gasteiger partial charge in [-0.25, -0.2) is 12.4 Å². The third-order valence-electron chi connectivity index (χ3n) is 6.02. The average molecular weight is 422 g/mol. The second-order valence-electron chi connectivity index (χ2n) is 8.63. The van der Waals surface area contributed by atoms with Crippen LogP contribution in [0.5, 0.6) is 0 Å². The number of benzene rings is 2. The molecule has 1 saturated heterocycles. The Morgan fingerprint density at radius 2 is 1.60 bits per heavy atom. The van der Waals surface area contributed by atoms with Gasteiger partial charge in [-0.2, -0.15) is 5.26 Å². The molecule has 0 spiro atoms. The Hall–Kier alpha value is -2.60. The first-order chi connectivity index (χ1) is 14.0. The highest BCUT2D eigenvalue weighted by Gasteiger charge is 2.52. The van der Waals surface area contributed by atoms with Crippen LogP contribution in [0.3, 0.4) is 0 Å². The summed E-state index contributed by atoms with van der Waals surface area (Å²) >= 11 is 0. The standard InChI is InChI=1S/C22H23BN2O4S/c1-15-6-9-17(10-7-15)30(26,27)25-14-19(18-12-16(13-24)8-11-20(18)25)23-28-21(2,3)22(4,5)29-23/h6-12,14H,1-5H3. The van der Waals surface area contributed by atoms with Gasteiger partial charge in [-0.05, 0) is 65.0 Å². The minimum atomic E-state index is -3.85. The van der Waals surface area contributed by atoms with Gasteiger partial charge in [0.25, 0.3) is 10.0 Å². The lowest BCUT2D eigenvalue weighted by Gasteiger charge is -2.32. The van der Waals surface area contributed by atoms with Crippen LogP contribution in [0, 0.1) is 18.3 Å². The van der Waals surface area contributed by atoms with Gasteiger partial charge in [-0.1, -0.05) is 17.7 Å². The maximum absolute atomic E-state index is 13.4. The molecule has 0 amide bonds. The molecular weight excluding hydrogens is 399 g/mol. The number of hydrogen-bond acceptors (Lipinski definition) is 5. The maximum Gasteiger partial charge on any atom is 0.497 e. The summed E-state index contributed by atoms with van der Waals surface area (Å²) in [5.74, 6) is 0. The van der Waals surface area contributed by atoms with Crippen LogP contribution in [0.15, 0.2) is 53.6 Å². The fourth-order valence-electron chi connectivity index (χ4n) is 3.47. The average Bonchev–Trinajstić information content (AvgIpc) is 3.16. The molecule has 0 aliphatic carbocycles. The summed E-state index contributed by atoms with van der Waals surface area (Å²) in [6, 6.07) is 13.8. The molecule has 1 aliphatic rings. The van der Waals surface area contributed by atoms with Gasteiger partial charge in [0.05, 0.1) is 33.2 Å². The van der Waals surface area contributed by atoms with Crippen LogP contribution in [-0.4, -0.2) is 30.7 Å². The minimum absolute atomic E-state index is 0.190. The topological polar surface area (TPSA) is 81.3 Å². The predicted molar refractivity (Wildman–Crippen MR) is 116 cm³/mol. The molecule has 3 aromatic rings. The summed E-state index contributed by atoms with van der Waals surface area (Å²) in [7, 11) is -4.59. The van der Waals surface area contributed by atoms with Gasteiger partial charge in [-0.3, -0.25) is 0 Å². The van der Waals surface area contributed by atoms with Crippen LogP contribution < -0.4 is 5.46 Å². The van der Waals surface area contributed by atoms with Gasteiger partial charge < -0.3 is 9.31 Å². The molecule has 0 radical (unpaired) electrons. The van der Waals surface area contributed by atoms with Crippen molar-refractivity contribution in [2.75, 3.05) is 0 Å². The highest BCUT2D eigenvalue weighted by molar-refractivity contribution is 7.90. The fraction of sp³-hybridized carbons (Fsp3) is 0.318. The molecule has 154 valence electrons. The summed E-state index contributed by atoms with van der Waals surface area (Å²) in [5, 5.41) is 9.97. The lowest BCUT2D eigenvalue weighted by molar-refractivity contribution is 0.00578. The van der Waals surface area contributed by atoms with E-state index in [0.717, 1.165) is 5.56 Å². The van der Waals surface area contributed by atoms with Crippen LogP contribution in [0.1, 0.15) is 38.8 Å². The molecule has 0 bridgehead atoms. The van der Waals surface area contributed by atoms with E-state index in [1.807, 2.05) is 34.6 Å². The van der Waals surface area contributed by atoms with E-state index in [0.29, 0.717) is 21.9 Å². The van der Waals surface area contributed by atoms with Crippen LogP contribution in [-0.2, 0) is 19.3 Å². The van der Waals surface area contributed by atoms with E-state index in [2.05, 4.69) is 6.07 Å². The van der Waals surface area contributed by atoms with E-state index >= 15 is 0 Å². The molecule has 2 heterocycles. The van der Waals surface area contributed by atoms with Crippen LogP contribution in [0.25, 0.3) is 10.9 Å². The van der Waals surface area contributed by atoms with Gasteiger partial charge in [0.2, 0.25) is 0 Å². The van der Waals surface area contributed by atoms with Crippen LogP contribution in [0.2, 0.25) is 0 Å². The molecule has 0 saturated carbocycles. The summed E-state index contributed by atoms with van der Waals surface area (Å²) < 4.78 is 40.4. The maximum atomic E-state index is 13.4. The van der Waals surface area contributed by atoms with Gasteiger partial charge in [-0.15, -0.1) is 0 Å². The van der Waals surface area contributed by atoms with Gasteiger partial charge >= 0.3 is 7.12 Å². The van der Waals surface area contributed by atoms with Crippen molar-refractivity contribution in [3.8, 4) is 6.07 Å². The molecule has 0 N–H and O–H groups in total. The third kappa shape index (κ3) is 3.14. The number of fused-ring (bicyclic) bond motifs is 1. The van der Waals surface area contributed by atoms with E-state index in [1.54, 1.807) is 48.7 Å². The first-order valence-electron chi connectivity index (χ1n) is 9.69. The zero-order valence-electron chi connectivity index (χ0n) is 17.6. The van der Waals surface area contributed by atoms with Crippen molar-refractivity contribution in [2.24, 2.45) is 0 Å². The number of aromatic nitrogens is 1. The smallest absolute Gasteiger partial charge is 0.399 e. The molecule has 1 aliphatic heterocycles. The Morgan fingerprint density at radius 1 is 1.00 bits per heavy atom. The van der Waals surface area contributed by atoms with Gasteiger partial charge in [0.1, 0.15) is 0 Å². The van der Waals surface area contributed by atoms with Crippen molar-refractivity contribution in [1.29, 1.82) is 5.26 Å². The molecule has 8 heteroatoms. The fourth-order valence-corrected chi connectivity index (χ4v) is 4.85. The zero-order chi connectivity index (χ0) is 21.9. The Morgan fingerprint density at radius 3 is 2.17 bits per heavy atom. The summed E-state index contributed by atoms with van der Waals surface area (Å²) in [6.07, 6.45) is 1.54. The van der Waals surface area contributed by atoms with Gasteiger partial charge in [0, 0.05) is 17.0 Å². The largest absolute Gasteiger partial charge is 0.497 e. The Bertz CT molecular complexity index is 1270. The van der Waals surface area contributed by atoms with E-state index in [4.69, 9.17) is 9.31 Å². The Labute approximate surface area is 177 Å². The lowest BCUT2D eigenvalue weighted by Crippen LogP contribution is -2.41. The molecule has 0 atom stereocenters. The molecule has 1 aromatic heterocycles. The van der Waals surface area contributed by atoms with E-state index in [9.17, 15) is 13.7 Å². The number of rotatable bonds is 3. The van der Waals surface area contributed by atoms with Crippen molar-refractivity contribution >= 4 is 33.5 Å². The van der Waals surface area contributed by atoms with Crippen molar-refractivity contribution in [3.05, 3.63) is 59.8 Å². The summed E-state index contributed by atoms with van der Waals surface area (Å²) in [4.78, 5) is 0.190. The van der Waals surface area contributed by atoms with Crippen LogP contribution in [0.4, 0.5) is 0 Å². The van der Waals surface area contributed by atoms with Gasteiger partial charge in [0.15, 0.2) is 0 Å². The minimum Gasteiger partial charge on any atom is -0.399 e. The first kappa shape index (κ1) is 20.7. The molecule has 30 heavy (non-hydrogen) atoms. The van der Waals surface area contributed by atoms with Crippen LogP contribution >= 0.6 is 0 Å². The van der Waals surface area contributed by atoms with Crippen molar-refractivity contribution < 1.29 is 17.7 Å².